The quantitative estimate of drug-likeness (QED) is 0.417. The van der Waals surface area contributed by atoms with Crippen molar-refractivity contribution in [1.29, 1.82) is 0 Å². The molecule has 0 aliphatic heterocycles. The van der Waals surface area contributed by atoms with Gasteiger partial charge in [-0.2, -0.15) is 5.10 Å². The molecule has 0 aliphatic carbocycles. The van der Waals surface area contributed by atoms with Gasteiger partial charge in [0.05, 0.1) is 10.3 Å². The molecule has 3 N–H and O–H groups in total. The number of hydrogen-bond donors (Lipinski definition) is 3. The summed E-state index contributed by atoms with van der Waals surface area (Å²) in [4.78, 5) is 37.9. The summed E-state index contributed by atoms with van der Waals surface area (Å²) in [5.74, 6) is -1.33. The molecular formula is C23H27N5O5S. The van der Waals surface area contributed by atoms with Gasteiger partial charge < -0.3 is 0 Å². The summed E-state index contributed by atoms with van der Waals surface area (Å²) in [6.07, 6.45) is 1.29. The standard InChI is InChI=1S/C23H27N5O5S/c1-4-14-28-23(31)19-9-7-6-8-18(19)20(26-28)22(30)25-24-21(29)16-10-12-17(13-11-16)34(32,33)27-15(3)5-2/h6-13,15,27H,4-5,14H2,1-3H3,(H,24,29)(H,25,30). The van der Waals surface area contributed by atoms with Crippen molar-refractivity contribution in [3.8, 4) is 0 Å². The highest BCUT2D eigenvalue weighted by molar-refractivity contribution is 7.89. The largest absolute Gasteiger partial charge is 0.290 e. The molecule has 1 heterocycles. The molecule has 0 radical (unpaired) electrons. The summed E-state index contributed by atoms with van der Waals surface area (Å²) < 4.78 is 28.5. The van der Waals surface area contributed by atoms with Crippen molar-refractivity contribution < 1.29 is 18.0 Å². The third-order valence-electron chi connectivity index (χ3n) is 5.20. The predicted molar refractivity (Wildman–Crippen MR) is 128 cm³/mol. The van der Waals surface area contributed by atoms with Gasteiger partial charge in [0.2, 0.25) is 10.0 Å². The second-order valence-electron chi connectivity index (χ2n) is 7.79. The first kappa shape index (κ1) is 25.1. The molecule has 2 amide bonds. The molecule has 34 heavy (non-hydrogen) atoms. The Labute approximate surface area is 197 Å². The fraction of sp³-hybridized carbons (Fsp3) is 0.304. The Morgan fingerprint density at radius 1 is 0.971 bits per heavy atom. The molecular weight excluding hydrogens is 458 g/mol. The Kier molecular flexibility index (Phi) is 7.79. The molecule has 3 rings (SSSR count). The second kappa shape index (κ2) is 10.6. The first-order chi connectivity index (χ1) is 16.2. The van der Waals surface area contributed by atoms with Crippen LogP contribution in [-0.4, -0.2) is 36.1 Å². The van der Waals surface area contributed by atoms with E-state index in [1.165, 1.54) is 28.9 Å². The number of benzene rings is 2. The molecule has 0 bridgehead atoms. The maximum Gasteiger partial charge on any atom is 0.290 e. The van der Waals surface area contributed by atoms with Crippen molar-refractivity contribution >= 4 is 32.6 Å². The van der Waals surface area contributed by atoms with Crippen LogP contribution in [0, 0.1) is 0 Å². The summed E-state index contributed by atoms with van der Waals surface area (Å²) in [7, 11) is -3.70. The summed E-state index contributed by atoms with van der Waals surface area (Å²) in [5, 5.41) is 4.90. The molecule has 1 unspecified atom stereocenters. The van der Waals surface area contributed by atoms with E-state index >= 15 is 0 Å². The van der Waals surface area contributed by atoms with E-state index in [2.05, 4.69) is 20.7 Å². The van der Waals surface area contributed by atoms with E-state index in [1.807, 2.05) is 13.8 Å². The zero-order valence-electron chi connectivity index (χ0n) is 19.2. The molecule has 1 atom stereocenters. The molecule has 0 fully saturated rings. The minimum Gasteiger partial charge on any atom is -0.267 e. The van der Waals surface area contributed by atoms with Gasteiger partial charge in [-0.3, -0.25) is 25.2 Å². The van der Waals surface area contributed by atoms with Crippen molar-refractivity contribution in [2.24, 2.45) is 0 Å². The number of aryl methyl sites for hydroxylation is 1. The van der Waals surface area contributed by atoms with Crippen molar-refractivity contribution in [1.82, 2.24) is 25.4 Å². The Hall–Kier alpha value is -3.57. The highest BCUT2D eigenvalue weighted by Gasteiger charge is 2.19. The Bertz CT molecular complexity index is 1370. The van der Waals surface area contributed by atoms with Crippen molar-refractivity contribution in [2.75, 3.05) is 0 Å². The van der Waals surface area contributed by atoms with Crippen LogP contribution >= 0.6 is 0 Å². The van der Waals surface area contributed by atoms with Gasteiger partial charge in [0.1, 0.15) is 0 Å². The van der Waals surface area contributed by atoms with Crippen LogP contribution in [0.5, 0.6) is 0 Å². The number of nitrogens with one attached hydrogen (secondary N) is 3. The maximum atomic E-state index is 12.8. The zero-order valence-corrected chi connectivity index (χ0v) is 20.0. The van der Waals surface area contributed by atoms with E-state index in [0.717, 1.165) is 0 Å². The Morgan fingerprint density at radius 3 is 2.21 bits per heavy atom. The average Bonchev–Trinajstić information content (AvgIpc) is 2.84. The number of amides is 2. The van der Waals surface area contributed by atoms with Crippen LogP contribution in [-0.2, 0) is 16.6 Å². The van der Waals surface area contributed by atoms with E-state index < -0.39 is 21.8 Å². The molecule has 0 spiro atoms. The molecule has 3 aromatic rings. The number of sulfonamides is 1. The van der Waals surface area contributed by atoms with E-state index in [4.69, 9.17) is 0 Å². The normalized spacial score (nSPS) is 12.3. The van der Waals surface area contributed by atoms with Crippen LogP contribution in [0.15, 0.2) is 58.2 Å². The second-order valence-corrected chi connectivity index (χ2v) is 9.50. The molecule has 10 nitrogen and oxygen atoms in total. The lowest BCUT2D eigenvalue weighted by Crippen LogP contribution is -2.42. The highest BCUT2D eigenvalue weighted by Crippen LogP contribution is 2.14. The number of fused-ring (bicyclic) bond motifs is 1. The average molecular weight is 486 g/mol. The number of hydrogen-bond acceptors (Lipinski definition) is 6. The Morgan fingerprint density at radius 2 is 1.59 bits per heavy atom. The van der Waals surface area contributed by atoms with Gasteiger partial charge in [-0.15, -0.1) is 0 Å². The van der Waals surface area contributed by atoms with Crippen LogP contribution in [0.4, 0.5) is 0 Å². The van der Waals surface area contributed by atoms with Crippen molar-refractivity contribution in [3.63, 3.8) is 0 Å². The summed E-state index contributed by atoms with van der Waals surface area (Å²) >= 11 is 0. The number of aromatic nitrogens is 2. The van der Waals surface area contributed by atoms with Gasteiger partial charge in [-0.05, 0) is 50.1 Å². The van der Waals surface area contributed by atoms with E-state index in [-0.39, 0.29) is 27.8 Å². The number of carbonyl (C=O) groups excluding carboxylic acids is 2. The van der Waals surface area contributed by atoms with Gasteiger partial charge >= 0.3 is 0 Å². The fourth-order valence-corrected chi connectivity index (χ4v) is 4.54. The first-order valence-electron chi connectivity index (χ1n) is 10.9. The minimum absolute atomic E-state index is 0.00140. The minimum atomic E-state index is -3.70. The van der Waals surface area contributed by atoms with Gasteiger partial charge in [-0.1, -0.05) is 32.0 Å². The summed E-state index contributed by atoms with van der Waals surface area (Å²) in [6, 6.07) is 11.7. The van der Waals surface area contributed by atoms with Crippen molar-refractivity contribution in [3.05, 3.63) is 70.1 Å². The fourth-order valence-electron chi connectivity index (χ4n) is 3.21. The van der Waals surface area contributed by atoms with Gasteiger partial charge in [0.15, 0.2) is 5.69 Å². The van der Waals surface area contributed by atoms with Gasteiger partial charge in [-0.25, -0.2) is 17.8 Å². The molecule has 180 valence electrons. The Balaban J connectivity index is 1.76. The summed E-state index contributed by atoms with van der Waals surface area (Å²) in [5.41, 5.74) is 4.46. The highest BCUT2D eigenvalue weighted by atomic mass is 32.2. The van der Waals surface area contributed by atoms with E-state index in [1.54, 1.807) is 31.2 Å². The number of nitrogens with zero attached hydrogens (tertiary/aromatic N) is 2. The molecule has 0 saturated heterocycles. The number of hydrazine groups is 1. The van der Waals surface area contributed by atoms with Crippen LogP contribution in [0.3, 0.4) is 0 Å². The predicted octanol–water partition coefficient (Wildman–Crippen LogP) is 1.96. The van der Waals surface area contributed by atoms with Gasteiger partial charge in [0, 0.05) is 23.5 Å². The molecule has 1 aromatic heterocycles. The van der Waals surface area contributed by atoms with Crippen LogP contribution in [0.2, 0.25) is 0 Å². The molecule has 0 saturated carbocycles. The van der Waals surface area contributed by atoms with Crippen LogP contribution in [0.25, 0.3) is 10.8 Å². The summed E-state index contributed by atoms with van der Waals surface area (Å²) in [6.45, 7) is 5.86. The zero-order chi connectivity index (χ0) is 24.9. The number of rotatable bonds is 8. The lowest BCUT2D eigenvalue weighted by atomic mass is 10.1. The van der Waals surface area contributed by atoms with Crippen molar-refractivity contribution in [2.45, 2.75) is 51.1 Å². The topological polar surface area (TPSA) is 139 Å². The third kappa shape index (κ3) is 5.49. The van der Waals surface area contributed by atoms with Crippen LogP contribution in [0.1, 0.15) is 54.5 Å². The smallest absolute Gasteiger partial charge is 0.267 e. The monoisotopic (exact) mass is 485 g/mol. The van der Waals surface area contributed by atoms with E-state index in [9.17, 15) is 22.8 Å². The lowest BCUT2D eigenvalue weighted by Gasteiger charge is -2.13. The maximum absolute atomic E-state index is 12.8. The SMILES string of the molecule is CCCn1nc(C(=O)NNC(=O)c2ccc(S(=O)(=O)NC(C)CC)cc2)c2ccccc2c1=O. The van der Waals surface area contributed by atoms with Gasteiger partial charge in [0.25, 0.3) is 17.4 Å². The molecule has 11 heteroatoms. The molecule has 2 aromatic carbocycles. The first-order valence-corrected chi connectivity index (χ1v) is 12.4. The molecule has 0 aliphatic rings. The van der Waals surface area contributed by atoms with E-state index in [0.29, 0.717) is 30.2 Å². The van der Waals surface area contributed by atoms with Crippen LogP contribution < -0.4 is 21.1 Å². The third-order valence-corrected chi connectivity index (χ3v) is 6.81. The lowest BCUT2D eigenvalue weighted by molar-refractivity contribution is 0.0843. The number of carbonyl (C=O) groups is 2.